The largest absolute Gasteiger partial charge is 0.365 e. The second-order valence-corrected chi connectivity index (χ2v) is 7.82. The standard InChI is InChI=1S/C12H16N2O4S2/c1-20(17,18)11-5-2-4-10(12(11)14(15)16)13-6-3-8-19-9-7-13/h2,4-5H,3,6-9H2,1H3. The zero-order chi connectivity index (χ0) is 14.8. The SMILES string of the molecule is CS(=O)(=O)c1cccc(N2CCCSCC2)c1[N+](=O)[O-]. The van der Waals surface area contributed by atoms with E-state index >= 15 is 0 Å². The molecule has 1 aliphatic heterocycles. The van der Waals surface area contributed by atoms with Crippen molar-refractivity contribution < 1.29 is 13.3 Å². The van der Waals surface area contributed by atoms with E-state index in [0.29, 0.717) is 18.8 Å². The Balaban J connectivity index is 2.55. The Morgan fingerprint density at radius 2 is 2.05 bits per heavy atom. The molecule has 110 valence electrons. The van der Waals surface area contributed by atoms with Gasteiger partial charge in [-0.2, -0.15) is 11.8 Å². The molecule has 2 rings (SSSR count). The van der Waals surface area contributed by atoms with Crippen LogP contribution in [0.25, 0.3) is 0 Å². The van der Waals surface area contributed by atoms with Gasteiger partial charge in [-0.25, -0.2) is 8.42 Å². The monoisotopic (exact) mass is 316 g/mol. The normalized spacial score (nSPS) is 16.8. The van der Waals surface area contributed by atoms with E-state index in [-0.39, 0.29) is 10.6 Å². The molecular formula is C12H16N2O4S2. The Hall–Kier alpha value is -1.28. The van der Waals surface area contributed by atoms with Gasteiger partial charge in [0.15, 0.2) is 9.84 Å². The number of para-hydroxylation sites is 1. The lowest BCUT2D eigenvalue weighted by Crippen LogP contribution is -2.26. The number of nitro benzene ring substituents is 1. The Morgan fingerprint density at radius 3 is 2.70 bits per heavy atom. The van der Waals surface area contributed by atoms with E-state index in [4.69, 9.17) is 0 Å². The van der Waals surface area contributed by atoms with E-state index < -0.39 is 14.8 Å². The fourth-order valence-corrected chi connectivity index (χ4v) is 3.98. The van der Waals surface area contributed by atoms with Gasteiger partial charge >= 0.3 is 5.69 Å². The average Bonchev–Trinajstić information content (AvgIpc) is 2.65. The van der Waals surface area contributed by atoms with Crippen molar-refractivity contribution in [3.63, 3.8) is 0 Å². The molecule has 1 saturated heterocycles. The van der Waals surface area contributed by atoms with Crippen LogP contribution in [0.3, 0.4) is 0 Å². The highest BCUT2D eigenvalue weighted by Crippen LogP contribution is 2.35. The van der Waals surface area contributed by atoms with Gasteiger partial charge < -0.3 is 4.90 Å². The molecule has 6 nitrogen and oxygen atoms in total. The molecule has 0 radical (unpaired) electrons. The summed E-state index contributed by atoms with van der Waals surface area (Å²) in [4.78, 5) is 12.4. The molecule has 8 heteroatoms. The van der Waals surface area contributed by atoms with E-state index in [9.17, 15) is 18.5 Å². The Labute approximate surface area is 122 Å². The molecule has 0 saturated carbocycles. The molecule has 1 aromatic rings. The van der Waals surface area contributed by atoms with Crippen molar-refractivity contribution in [3.05, 3.63) is 28.3 Å². The smallest absolute Gasteiger partial charge is 0.311 e. The summed E-state index contributed by atoms with van der Waals surface area (Å²) in [5.41, 5.74) is 0.0994. The third-order valence-electron chi connectivity index (χ3n) is 3.12. The lowest BCUT2D eigenvalue weighted by molar-refractivity contribution is -0.387. The van der Waals surface area contributed by atoms with Crippen molar-refractivity contribution in [1.29, 1.82) is 0 Å². The van der Waals surface area contributed by atoms with E-state index in [0.717, 1.165) is 24.2 Å². The summed E-state index contributed by atoms with van der Waals surface area (Å²) < 4.78 is 23.5. The molecule has 0 unspecified atom stereocenters. The topological polar surface area (TPSA) is 80.5 Å². The van der Waals surface area contributed by atoms with Gasteiger partial charge in [0.2, 0.25) is 0 Å². The molecular weight excluding hydrogens is 300 g/mol. The first-order valence-corrected chi connectivity index (χ1v) is 9.26. The van der Waals surface area contributed by atoms with Crippen molar-refractivity contribution in [2.75, 3.05) is 35.8 Å². The Bertz CT molecular complexity index is 608. The van der Waals surface area contributed by atoms with E-state index in [1.807, 2.05) is 16.7 Å². The minimum absolute atomic E-state index is 0.211. The maximum Gasteiger partial charge on any atom is 0.311 e. The number of hydrogen-bond acceptors (Lipinski definition) is 6. The van der Waals surface area contributed by atoms with E-state index in [1.165, 1.54) is 6.07 Å². The van der Waals surface area contributed by atoms with Crippen LogP contribution in [0.2, 0.25) is 0 Å². The number of sulfone groups is 1. The highest BCUT2D eigenvalue weighted by Gasteiger charge is 2.28. The van der Waals surface area contributed by atoms with Gasteiger partial charge in [0.05, 0.1) is 4.92 Å². The summed E-state index contributed by atoms with van der Waals surface area (Å²) in [7, 11) is -3.62. The second-order valence-electron chi connectivity index (χ2n) is 4.61. The predicted octanol–water partition coefficient (Wildman–Crippen LogP) is 1.94. The minimum atomic E-state index is -3.62. The first-order valence-electron chi connectivity index (χ1n) is 6.21. The van der Waals surface area contributed by atoms with Crippen LogP contribution in [0.15, 0.2) is 23.1 Å². The molecule has 20 heavy (non-hydrogen) atoms. The maximum atomic E-state index is 11.7. The summed E-state index contributed by atoms with van der Waals surface area (Å²) in [6.45, 7) is 1.40. The molecule has 0 spiro atoms. The molecule has 0 aliphatic carbocycles. The summed E-state index contributed by atoms with van der Waals surface area (Å²) in [6, 6.07) is 4.49. The van der Waals surface area contributed by atoms with Gasteiger partial charge in [0.25, 0.3) is 0 Å². The van der Waals surface area contributed by atoms with Crippen molar-refractivity contribution in [2.24, 2.45) is 0 Å². The van der Waals surface area contributed by atoms with Gasteiger partial charge in [0.1, 0.15) is 10.6 Å². The molecule has 1 heterocycles. The first kappa shape index (κ1) is 15.1. The predicted molar refractivity (Wildman–Crippen MR) is 80.4 cm³/mol. The molecule has 0 N–H and O–H groups in total. The third-order valence-corrected chi connectivity index (χ3v) is 5.30. The van der Waals surface area contributed by atoms with Crippen LogP contribution in [-0.4, -0.2) is 44.2 Å². The highest BCUT2D eigenvalue weighted by molar-refractivity contribution is 7.99. The number of rotatable bonds is 3. The van der Waals surface area contributed by atoms with Gasteiger partial charge in [-0.3, -0.25) is 10.1 Å². The van der Waals surface area contributed by atoms with Crippen LogP contribution < -0.4 is 4.90 Å². The van der Waals surface area contributed by atoms with Crippen LogP contribution >= 0.6 is 11.8 Å². The van der Waals surface area contributed by atoms with Gasteiger partial charge in [-0.05, 0) is 24.3 Å². The molecule has 0 aromatic heterocycles. The van der Waals surface area contributed by atoms with Gasteiger partial charge in [-0.1, -0.05) is 6.07 Å². The van der Waals surface area contributed by atoms with E-state index in [2.05, 4.69) is 0 Å². The lowest BCUT2D eigenvalue weighted by atomic mass is 10.2. The van der Waals surface area contributed by atoms with Crippen LogP contribution in [0.1, 0.15) is 6.42 Å². The molecule has 1 aromatic carbocycles. The zero-order valence-corrected chi connectivity index (χ0v) is 12.7. The molecule has 1 fully saturated rings. The lowest BCUT2D eigenvalue weighted by Gasteiger charge is -2.22. The third kappa shape index (κ3) is 3.24. The van der Waals surface area contributed by atoms with E-state index in [1.54, 1.807) is 12.1 Å². The maximum absolute atomic E-state index is 11.7. The quantitative estimate of drug-likeness (QED) is 0.626. The fourth-order valence-electron chi connectivity index (χ4n) is 2.24. The average molecular weight is 316 g/mol. The van der Waals surface area contributed by atoms with Crippen molar-refractivity contribution in [1.82, 2.24) is 0 Å². The highest BCUT2D eigenvalue weighted by atomic mass is 32.2. The van der Waals surface area contributed by atoms with Gasteiger partial charge in [0, 0.05) is 25.1 Å². The van der Waals surface area contributed by atoms with Crippen molar-refractivity contribution in [3.8, 4) is 0 Å². The number of benzene rings is 1. The number of thioether (sulfide) groups is 1. The number of anilines is 1. The van der Waals surface area contributed by atoms with Crippen molar-refractivity contribution >= 4 is 33.0 Å². The Kier molecular flexibility index (Phi) is 4.54. The number of hydrogen-bond donors (Lipinski definition) is 0. The number of nitro groups is 1. The van der Waals surface area contributed by atoms with Crippen LogP contribution in [0.4, 0.5) is 11.4 Å². The fraction of sp³-hybridized carbons (Fsp3) is 0.500. The molecule has 0 amide bonds. The molecule has 0 bridgehead atoms. The van der Waals surface area contributed by atoms with Crippen LogP contribution in [0.5, 0.6) is 0 Å². The van der Waals surface area contributed by atoms with Crippen LogP contribution in [0, 0.1) is 10.1 Å². The summed E-state index contributed by atoms with van der Waals surface area (Å²) in [5.74, 6) is 1.91. The second kappa shape index (κ2) is 6.01. The summed E-state index contributed by atoms with van der Waals surface area (Å²) in [5, 5.41) is 11.3. The summed E-state index contributed by atoms with van der Waals surface area (Å²) >= 11 is 1.81. The number of nitrogens with zero attached hydrogens (tertiary/aromatic N) is 2. The van der Waals surface area contributed by atoms with Crippen LogP contribution in [-0.2, 0) is 9.84 Å². The summed E-state index contributed by atoms with van der Waals surface area (Å²) in [6.07, 6.45) is 1.93. The first-order chi connectivity index (χ1) is 9.41. The van der Waals surface area contributed by atoms with Crippen molar-refractivity contribution in [2.45, 2.75) is 11.3 Å². The minimum Gasteiger partial charge on any atom is -0.365 e. The zero-order valence-electron chi connectivity index (χ0n) is 11.1. The Morgan fingerprint density at radius 1 is 1.30 bits per heavy atom. The molecule has 1 aliphatic rings. The van der Waals surface area contributed by atoms with Gasteiger partial charge in [-0.15, -0.1) is 0 Å². The molecule has 0 atom stereocenters.